The number of aryl methyl sites for hydroxylation is 1. The molecule has 0 unspecified atom stereocenters. The van der Waals surface area contributed by atoms with Gasteiger partial charge in [-0.25, -0.2) is 4.98 Å². The van der Waals surface area contributed by atoms with E-state index in [4.69, 9.17) is 4.98 Å². The van der Waals surface area contributed by atoms with Gasteiger partial charge < -0.3 is 0 Å². The number of fused-ring (bicyclic) bond motifs is 1. The molecule has 25 heavy (non-hydrogen) atoms. The molecule has 1 aromatic carbocycles. The van der Waals surface area contributed by atoms with Crippen molar-refractivity contribution in [3.8, 4) is 10.6 Å². The van der Waals surface area contributed by atoms with E-state index >= 15 is 0 Å². The maximum Gasteiger partial charge on any atom is 0.0995 e. The van der Waals surface area contributed by atoms with Crippen LogP contribution in [0.4, 0.5) is 0 Å². The fraction of sp³-hybridized carbons (Fsp3) is 0.455. The van der Waals surface area contributed by atoms with Crippen LogP contribution in [-0.2, 0) is 6.42 Å². The maximum absolute atomic E-state index is 4.81. The smallest absolute Gasteiger partial charge is 0.0995 e. The molecule has 0 N–H and O–H groups in total. The summed E-state index contributed by atoms with van der Waals surface area (Å²) in [5.41, 5.74) is 4.39. The number of rotatable bonds is 10. The standard InChI is InChI=1S/C22H28N2S/c1-2-3-4-5-6-7-8-9-12-18-15-16-25-22(18)21-17-23-19-13-10-11-14-20(19)24-21/h10-11,13-17H,2-9,12H2,1H3. The lowest BCUT2D eigenvalue weighted by Gasteiger charge is -2.05. The Kier molecular flexibility index (Phi) is 6.99. The number of para-hydroxylation sites is 2. The van der Waals surface area contributed by atoms with Gasteiger partial charge in [0, 0.05) is 0 Å². The van der Waals surface area contributed by atoms with E-state index in [0.717, 1.165) is 23.1 Å². The van der Waals surface area contributed by atoms with Crippen LogP contribution in [0.2, 0.25) is 0 Å². The second-order valence-corrected chi connectivity index (χ2v) is 7.66. The monoisotopic (exact) mass is 352 g/mol. The van der Waals surface area contributed by atoms with Crippen molar-refractivity contribution in [2.45, 2.75) is 64.7 Å². The lowest BCUT2D eigenvalue weighted by Crippen LogP contribution is -1.91. The van der Waals surface area contributed by atoms with Gasteiger partial charge >= 0.3 is 0 Å². The quantitative estimate of drug-likeness (QED) is 0.366. The third-order valence-electron chi connectivity index (χ3n) is 4.73. The predicted molar refractivity (Wildman–Crippen MR) is 109 cm³/mol. The molecule has 0 aliphatic rings. The molecule has 3 heteroatoms. The fourth-order valence-corrected chi connectivity index (χ4v) is 4.18. The number of thiophene rings is 1. The first-order valence-electron chi connectivity index (χ1n) is 9.67. The summed E-state index contributed by atoms with van der Waals surface area (Å²) in [5.74, 6) is 0. The van der Waals surface area contributed by atoms with Crippen molar-refractivity contribution >= 4 is 22.4 Å². The van der Waals surface area contributed by atoms with Crippen molar-refractivity contribution in [3.05, 3.63) is 47.5 Å². The van der Waals surface area contributed by atoms with Gasteiger partial charge in [0.05, 0.1) is 27.8 Å². The van der Waals surface area contributed by atoms with Gasteiger partial charge in [0.2, 0.25) is 0 Å². The number of benzene rings is 1. The summed E-state index contributed by atoms with van der Waals surface area (Å²) in [4.78, 5) is 10.7. The van der Waals surface area contributed by atoms with E-state index in [1.807, 2.05) is 30.5 Å². The molecule has 0 bridgehead atoms. The van der Waals surface area contributed by atoms with Gasteiger partial charge in [0.25, 0.3) is 0 Å². The van der Waals surface area contributed by atoms with Crippen LogP contribution in [0.25, 0.3) is 21.6 Å². The topological polar surface area (TPSA) is 25.8 Å². The van der Waals surface area contributed by atoms with Crippen LogP contribution >= 0.6 is 11.3 Å². The van der Waals surface area contributed by atoms with Crippen LogP contribution in [0.15, 0.2) is 41.9 Å². The zero-order chi connectivity index (χ0) is 17.3. The first-order valence-corrected chi connectivity index (χ1v) is 10.5. The summed E-state index contributed by atoms with van der Waals surface area (Å²) in [5, 5.41) is 2.19. The van der Waals surface area contributed by atoms with Crippen molar-refractivity contribution in [2.75, 3.05) is 0 Å². The lowest BCUT2D eigenvalue weighted by atomic mass is 10.0. The van der Waals surface area contributed by atoms with E-state index in [-0.39, 0.29) is 0 Å². The first kappa shape index (κ1) is 18.1. The van der Waals surface area contributed by atoms with Gasteiger partial charge in [0.15, 0.2) is 0 Å². The van der Waals surface area contributed by atoms with E-state index in [1.165, 1.54) is 61.8 Å². The van der Waals surface area contributed by atoms with E-state index in [0.29, 0.717) is 0 Å². The Labute approximate surface area is 155 Å². The average molecular weight is 353 g/mol. The van der Waals surface area contributed by atoms with Gasteiger partial charge in [-0.2, -0.15) is 0 Å². The van der Waals surface area contributed by atoms with E-state index < -0.39 is 0 Å². The molecule has 0 aliphatic carbocycles. The van der Waals surface area contributed by atoms with Gasteiger partial charge in [-0.05, 0) is 42.0 Å². The van der Waals surface area contributed by atoms with Crippen LogP contribution in [-0.4, -0.2) is 9.97 Å². The van der Waals surface area contributed by atoms with E-state index in [9.17, 15) is 0 Å². The molecule has 2 aromatic heterocycles. The zero-order valence-electron chi connectivity index (χ0n) is 15.2. The number of hydrogen-bond acceptors (Lipinski definition) is 3. The molecule has 0 atom stereocenters. The Hall–Kier alpha value is -1.74. The second kappa shape index (κ2) is 9.67. The van der Waals surface area contributed by atoms with Crippen molar-refractivity contribution in [2.24, 2.45) is 0 Å². The predicted octanol–water partition coefficient (Wildman–Crippen LogP) is 7.04. The highest BCUT2D eigenvalue weighted by Crippen LogP contribution is 2.30. The Morgan fingerprint density at radius 3 is 2.36 bits per heavy atom. The Bertz CT molecular complexity index is 778. The van der Waals surface area contributed by atoms with E-state index in [2.05, 4.69) is 23.4 Å². The summed E-state index contributed by atoms with van der Waals surface area (Å²) in [6, 6.07) is 10.4. The molecule has 0 spiro atoms. The number of unbranched alkanes of at least 4 members (excludes halogenated alkanes) is 7. The number of hydrogen-bond donors (Lipinski definition) is 0. The first-order chi connectivity index (χ1) is 12.4. The Morgan fingerprint density at radius 2 is 1.56 bits per heavy atom. The Morgan fingerprint density at radius 1 is 0.840 bits per heavy atom. The van der Waals surface area contributed by atoms with Gasteiger partial charge in [-0.15, -0.1) is 11.3 Å². The zero-order valence-corrected chi connectivity index (χ0v) is 16.0. The molecule has 3 aromatic rings. The Balaban J connectivity index is 1.53. The van der Waals surface area contributed by atoms with Crippen LogP contribution in [0.1, 0.15) is 63.9 Å². The van der Waals surface area contributed by atoms with Gasteiger partial charge in [-0.1, -0.05) is 64.0 Å². The molecule has 2 heterocycles. The number of nitrogens with zero attached hydrogens (tertiary/aromatic N) is 2. The van der Waals surface area contributed by atoms with E-state index in [1.54, 1.807) is 11.3 Å². The summed E-state index contributed by atoms with van der Waals surface area (Å²) in [6.45, 7) is 2.28. The van der Waals surface area contributed by atoms with Crippen LogP contribution in [0.5, 0.6) is 0 Å². The summed E-state index contributed by atoms with van der Waals surface area (Å²) in [6.07, 6.45) is 14.0. The molecular weight excluding hydrogens is 324 g/mol. The third-order valence-corrected chi connectivity index (χ3v) is 5.71. The normalized spacial score (nSPS) is 11.2. The minimum Gasteiger partial charge on any atom is -0.252 e. The van der Waals surface area contributed by atoms with Gasteiger partial charge in [0.1, 0.15) is 0 Å². The molecule has 3 rings (SSSR count). The van der Waals surface area contributed by atoms with Crippen molar-refractivity contribution in [3.63, 3.8) is 0 Å². The molecule has 0 radical (unpaired) electrons. The maximum atomic E-state index is 4.81. The van der Waals surface area contributed by atoms with Crippen LogP contribution in [0, 0.1) is 0 Å². The van der Waals surface area contributed by atoms with Crippen LogP contribution < -0.4 is 0 Å². The van der Waals surface area contributed by atoms with Crippen molar-refractivity contribution < 1.29 is 0 Å². The number of aromatic nitrogens is 2. The summed E-state index contributed by atoms with van der Waals surface area (Å²) in [7, 11) is 0. The molecule has 0 fully saturated rings. The average Bonchev–Trinajstić information content (AvgIpc) is 3.12. The molecule has 0 aliphatic heterocycles. The molecule has 132 valence electrons. The van der Waals surface area contributed by atoms with Gasteiger partial charge in [-0.3, -0.25) is 4.98 Å². The SMILES string of the molecule is CCCCCCCCCCc1ccsc1-c1cnc2ccccc2n1. The molecule has 0 saturated heterocycles. The highest BCUT2D eigenvalue weighted by molar-refractivity contribution is 7.13. The highest BCUT2D eigenvalue weighted by Gasteiger charge is 2.09. The minimum absolute atomic E-state index is 0.965. The molecule has 0 saturated carbocycles. The van der Waals surface area contributed by atoms with Crippen molar-refractivity contribution in [1.29, 1.82) is 0 Å². The second-order valence-electron chi connectivity index (χ2n) is 6.74. The lowest BCUT2D eigenvalue weighted by molar-refractivity contribution is 0.576. The highest BCUT2D eigenvalue weighted by atomic mass is 32.1. The summed E-state index contributed by atoms with van der Waals surface area (Å²) < 4.78 is 0. The molecule has 0 amide bonds. The fourth-order valence-electron chi connectivity index (χ4n) is 3.27. The summed E-state index contributed by atoms with van der Waals surface area (Å²) >= 11 is 1.79. The minimum atomic E-state index is 0.965. The van der Waals surface area contributed by atoms with Crippen LogP contribution in [0.3, 0.4) is 0 Å². The molecule has 2 nitrogen and oxygen atoms in total. The molecular formula is C22H28N2S. The largest absolute Gasteiger partial charge is 0.252 e. The third kappa shape index (κ3) is 5.12. The van der Waals surface area contributed by atoms with Crippen molar-refractivity contribution in [1.82, 2.24) is 9.97 Å².